The Labute approximate surface area is 351 Å². The third-order valence-electron chi connectivity index (χ3n) is 11.5. The topological polar surface area (TPSA) is 189 Å². The molecule has 0 bridgehead atoms. The summed E-state index contributed by atoms with van der Waals surface area (Å²) in [5.74, 6) is -2.72. The summed E-state index contributed by atoms with van der Waals surface area (Å²) in [5.41, 5.74) is 13.8. The Balaban J connectivity index is 1.32. The van der Waals surface area contributed by atoms with Crippen molar-refractivity contribution in [3.63, 3.8) is 0 Å². The Kier molecular flexibility index (Phi) is 15.4. The van der Waals surface area contributed by atoms with Gasteiger partial charge in [0.05, 0.1) is 0 Å². The molecule has 12 heteroatoms. The lowest BCUT2D eigenvalue weighted by Crippen LogP contribution is -2.59. The highest BCUT2D eigenvalue weighted by molar-refractivity contribution is 5.96. The molecule has 5 aromatic rings. The number of hydrogen-bond acceptors (Lipinski definition) is 7. The Morgan fingerprint density at radius 3 is 1.68 bits per heavy atom. The van der Waals surface area contributed by atoms with Crippen LogP contribution >= 0.6 is 0 Å². The summed E-state index contributed by atoms with van der Waals surface area (Å²) >= 11 is 0. The number of likely N-dealkylation sites (N-methyl/N-ethyl adjacent to an activating group) is 1. The van der Waals surface area contributed by atoms with Crippen molar-refractivity contribution >= 4 is 51.1 Å². The number of primary amides is 1. The Bertz CT molecular complexity index is 2260. The second-order valence-corrected chi connectivity index (χ2v) is 15.8. The van der Waals surface area contributed by atoms with Crippen LogP contribution in [-0.4, -0.2) is 85.3 Å². The van der Waals surface area contributed by atoms with Gasteiger partial charge in [-0.3, -0.25) is 24.0 Å². The highest BCUT2D eigenvalue weighted by Crippen LogP contribution is 2.22. The number of benzene rings is 5. The summed E-state index contributed by atoms with van der Waals surface area (Å²) in [4.78, 5) is 71.5. The first-order valence-electron chi connectivity index (χ1n) is 21.0. The first-order valence-corrected chi connectivity index (χ1v) is 21.0. The summed E-state index contributed by atoms with van der Waals surface area (Å²) in [6.45, 7) is 1.86. The molecule has 60 heavy (non-hydrogen) atoms. The minimum Gasteiger partial charge on any atom is -0.368 e. The van der Waals surface area contributed by atoms with E-state index in [-0.39, 0.29) is 31.1 Å². The maximum atomic E-state index is 14.8. The van der Waals surface area contributed by atoms with E-state index in [4.69, 9.17) is 11.5 Å². The molecule has 1 aliphatic rings. The third kappa shape index (κ3) is 11.8. The fraction of sp³-hybridized carbons (Fsp3) is 0.354. The highest BCUT2D eigenvalue weighted by atomic mass is 16.2. The number of rotatable bonds is 19. The molecule has 5 amide bonds. The maximum Gasteiger partial charge on any atom is 0.243 e. The summed E-state index contributed by atoms with van der Waals surface area (Å²) < 4.78 is 0. The zero-order chi connectivity index (χ0) is 42.4. The molecule has 0 spiro atoms. The van der Waals surface area contributed by atoms with Gasteiger partial charge in [-0.2, -0.15) is 0 Å². The lowest BCUT2D eigenvalue weighted by molar-refractivity contribution is -0.143. The molecule has 12 nitrogen and oxygen atoms in total. The molecular formula is C48H57N7O5. The quantitative estimate of drug-likeness (QED) is 0.0682. The fourth-order valence-electron chi connectivity index (χ4n) is 7.97. The van der Waals surface area contributed by atoms with Gasteiger partial charge in [-0.05, 0) is 90.0 Å². The van der Waals surface area contributed by atoms with Crippen molar-refractivity contribution in [2.75, 3.05) is 26.7 Å². The van der Waals surface area contributed by atoms with Crippen LogP contribution in [0.1, 0.15) is 48.8 Å². The van der Waals surface area contributed by atoms with E-state index < -0.39 is 47.8 Å². The van der Waals surface area contributed by atoms with E-state index in [0.29, 0.717) is 51.7 Å². The van der Waals surface area contributed by atoms with Crippen molar-refractivity contribution < 1.29 is 24.0 Å². The second-order valence-electron chi connectivity index (χ2n) is 15.8. The van der Waals surface area contributed by atoms with Gasteiger partial charge in [-0.1, -0.05) is 115 Å². The fourth-order valence-corrected chi connectivity index (χ4v) is 7.97. The number of nitrogens with zero attached hydrogens (tertiary/aromatic N) is 1. The van der Waals surface area contributed by atoms with Gasteiger partial charge < -0.3 is 37.6 Å². The van der Waals surface area contributed by atoms with Gasteiger partial charge in [0.25, 0.3) is 0 Å². The molecule has 0 aromatic heterocycles. The van der Waals surface area contributed by atoms with E-state index >= 15 is 0 Å². The van der Waals surface area contributed by atoms with Gasteiger partial charge in [-0.25, -0.2) is 0 Å². The molecule has 4 atom stereocenters. The lowest BCUT2D eigenvalue weighted by Gasteiger charge is -2.33. The number of carbonyl (C=O) groups excluding carboxylic acids is 5. The monoisotopic (exact) mass is 811 g/mol. The average Bonchev–Trinajstić information content (AvgIpc) is 3.27. The van der Waals surface area contributed by atoms with Gasteiger partial charge in [0, 0.05) is 32.2 Å². The first kappa shape index (κ1) is 43.5. The molecule has 6 rings (SSSR count). The van der Waals surface area contributed by atoms with Crippen molar-refractivity contribution in [1.29, 1.82) is 0 Å². The zero-order valence-corrected chi connectivity index (χ0v) is 34.3. The largest absolute Gasteiger partial charge is 0.368 e. The van der Waals surface area contributed by atoms with Crippen LogP contribution in [0.25, 0.3) is 21.5 Å². The number of carbonyl (C=O) groups is 5. The average molecular weight is 812 g/mol. The van der Waals surface area contributed by atoms with Crippen LogP contribution in [0.2, 0.25) is 0 Å². The second kappa shape index (κ2) is 21.2. The van der Waals surface area contributed by atoms with Crippen molar-refractivity contribution in [3.05, 3.63) is 132 Å². The Hall–Kier alpha value is -6.11. The highest BCUT2D eigenvalue weighted by Gasteiger charge is 2.35. The zero-order valence-electron chi connectivity index (χ0n) is 34.3. The molecule has 5 aromatic carbocycles. The maximum absolute atomic E-state index is 14.8. The summed E-state index contributed by atoms with van der Waals surface area (Å²) in [6.07, 6.45) is 3.28. The third-order valence-corrected chi connectivity index (χ3v) is 11.5. The van der Waals surface area contributed by atoms with Gasteiger partial charge in [0.2, 0.25) is 29.5 Å². The van der Waals surface area contributed by atoms with E-state index in [1.54, 1.807) is 7.05 Å². The summed E-state index contributed by atoms with van der Waals surface area (Å²) in [6, 6.07) is 32.7. The number of fused-ring (bicyclic) bond motifs is 2. The van der Waals surface area contributed by atoms with E-state index in [0.717, 1.165) is 38.2 Å². The van der Waals surface area contributed by atoms with Crippen molar-refractivity contribution in [2.24, 2.45) is 17.4 Å². The smallest absolute Gasteiger partial charge is 0.243 e. The SMILES string of the molecule is CN(C(=O)C1CCNCC1)C(Cc1ccc2ccccc2c1)C(=O)NC(Cc1ccc2ccccc2c1)C(=O)NC(Cc1ccccc1)C(=O)N[C@@H](CCCCN)C(N)=O. The van der Waals surface area contributed by atoms with Crippen molar-refractivity contribution in [2.45, 2.75) is 75.5 Å². The Morgan fingerprint density at radius 2 is 1.12 bits per heavy atom. The van der Waals surface area contributed by atoms with Crippen LogP contribution < -0.4 is 32.7 Å². The number of nitrogens with one attached hydrogen (secondary N) is 4. The van der Waals surface area contributed by atoms with Crippen LogP contribution in [0.15, 0.2) is 115 Å². The molecule has 1 aliphatic heterocycles. The molecule has 314 valence electrons. The van der Waals surface area contributed by atoms with Crippen LogP contribution in [-0.2, 0) is 43.2 Å². The van der Waals surface area contributed by atoms with Crippen molar-refractivity contribution in [1.82, 2.24) is 26.2 Å². The van der Waals surface area contributed by atoms with E-state index in [1.807, 2.05) is 115 Å². The van der Waals surface area contributed by atoms with Crippen molar-refractivity contribution in [3.8, 4) is 0 Å². The molecule has 0 saturated carbocycles. The molecule has 8 N–H and O–H groups in total. The minimum absolute atomic E-state index is 0.0970. The van der Waals surface area contributed by atoms with Gasteiger partial charge in [0.1, 0.15) is 24.2 Å². The number of hydrogen-bond donors (Lipinski definition) is 6. The molecule has 3 unspecified atom stereocenters. The van der Waals surface area contributed by atoms with Crippen LogP contribution in [0, 0.1) is 5.92 Å². The molecule has 1 saturated heterocycles. The summed E-state index contributed by atoms with van der Waals surface area (Å²) in [7, 11) is 1.66. The van der Waals surface area contributed by atoms with Gasteiger partial charge in [0.15, 0.2) is 0 Å². The van der Waals surface area contributed by atoms with Crippen LogP contribution in [0.5, 0.6) is 0 Å². The van der Waals surface area contributed by atoms with E-state index in [1.165, 1.54) is 4.90 Å². The lowest BCUT2D eigenvalue weighted by atomic mass is 9.94. The van der Waals surface area contributed by atoms with Gasteiger partial charge >= 0.3 is 0 Å². The van der Waals surface area contributed by atoms with E-state index in [9.17, 15) is 24.0 Å². The predicted octanol–water partition coefficient (Wildman–Crippen LogP) is 3.92. The Morgan fingerprint density at radius 1 is 0.617 bits per heavy atom. The number of nitrogens with two attached hydrogens (primary N) is 2. The molecule has 0 radical (unpaired) electrons. The number of amides is 5. The first-order chi connectivity index (χ1) is 29.1. The molecule has 1 fully saturated rings. The minimum atomic E-state index is -1.15. The molecule has 1 heterocycles. The standard InChI is InChI=1S/C48H57N7O5/c1-55(48(60)37-22-25-51-26-23-37)43(31-34-19-21-36-14-6-8-16-39(36)28-34)47(59)54-42(30-33-18-20-35-13-5-7-15-38(35)27-33)46(58)53-41(29-32-11-3-2-4-12-32)45(57)52-40(44(50)56)17-9-10-24-49/h2-8,11-16,18-21,27-28,37,40-43,51H,9-10,17,22-26,29-31,49H2,1H3,(H2,50,56)(H,52,57)(H,53,58)(H,54,59)/t40-,41?,42?,43?/m0/s1. The number of unbranched alkanes of at least 4 members (excludes halogenated alkanes) is 1. The van der Waals surface area contributed by atoms with Crippen LogP contribution in [0.3, 0.4) is 0 Å². The molecular weight excluding hydrogens is 755 g/mol. The number of piperidine rings is 1. The predicted molar refractivity (Wildman–Crippen MR) is 235 cm³/mol. The van der Waals surface area contributed by atoms with Gasteiger partial charge in [-0.15, -0.1) is 0 Å². The van der Waals surface area contributed by atoms with E-state index in [2.05, 4.69) is 21.3 Å². The summed E-state index contributed by atoms with van der Waals surface area (Å²) in [5, 5.41) is 16.1. The normalized spacial score (nSPS) is 15.0. The van der Waals surface area contributed by atoms with Crippen LogP contribution in [0.4, 0.5) is 0 Å². The molecule has 0 aliphatic carbocycles.